The summed E-state index contributed by atoms with van der Waals surface area (Å²) in [5, 5.41) is 4.68. The Morgan fingerprint density at radius 1 is 1.52 bits per heavy atom. The number of aromatic nitrogens is 2. The highest BCUT2D eigenvalue weighted by atomic mass is 35.5. The van der Waals surface area contributed by atoms with Crippen LogP contribution in [0.3, 0.4) is 0 Å². The van der Waals surface area contributed by atoms with Crippen molar-refractivity contribution in [2.24, 2.45) is 5.92 Å². The summed E-state index contributed by atoms with van der Waals surface area (Å²) in [6, 6.07) is 3.55. The highest BCUT2D eigenvalue weighted by Crippen LogP contribution is 2.19. The number of nitrogens with zero attached hydrogens (tertiary/aromatic N) is 3. The Balaban J connectivity index is 1.68. The van der Waals surface area contributed by atoms with E-state index in [2.05, 4.69) is 12.0 Å². The molecule has 0 aliphatic carbocycles. The van der Waals surface area contributed by atoms with Gasteiger partial charge in [-0.2, -0.15) is 5.10 Å². The molecule has 2 aromatic heterocycles. The lowest BCUT2D eigenvalue weighted by Crippen LogP contribution is -2.38. The maximum absolute atomic E-state index is 12.4. The lowest BCUT2D eigenvalue weighted by molar-refractivity contribution is 0.0648. The molecule has 0 radical (unpaired) electrons. The van der Waals surface area contributed by atoms with Gasteiger partial charge in [-0.1, -0.05) is 18.5 Å². The van der Waals surface area contributed by atoms with Crippen LogP contribution in [0.25, 0.3) is 0 Å². The van der Waals surface area contributed by atoms with Gasteiger partial charge < -0.3 is 9.32 Å². The van der Waals surface area contributed by atoms with E-state index in [0.29, 0.717) is 29.0 Å². The average molecular weight is 308 g/mol. The zero-order valence-corrected chi connectivity index (χ0v) is 12.7. The summed E-state index contributed by atoms with van der Waals surface area (Å²) in [4.78, 5) is 14.3. The molecule has 2 aromatic rings. The van der Waals surface area contributed by atoms with Gasteiger partial charge in [-0.3, -0.25) is 9.48 Å². The molecule has 5 nitrogen and oxygen atoms in total. The van der Waals surface area contributed by atoms with Gasteiger partial charge in [-0.15, -0.1) is 0 Å². The van der Waals surface area contributed by atoms with Crippen molar-refractivity contribution >= 4 is 17.5 Å². The van der Waals surface area contributed by atoms with Crippen LogP contribution in [0.2, 0.25) is 5.02 Å². The summed E-state index contributed by atoms with van der Waals surface area (Å²) in [7, 11) is 0. The van der Waals surface area contributed by atoms with Crippen molar-refractivity contribution in [1.29, 1.82) is 0 Å². The van der Waals surface area contributed by atoms with Gasteiger partial charge >= 0.3 is 0 Å². The Kier molecular flexibility index (Phi) is 4.01. The summed E-state index contributed by atoms with van der Waals surface area (Å²) in [6.45, 7) is 4.27. The number of halogens is 1. The standard InChI is InChI=1S/C15H18ClN3O2/c1-11-3-2-6-18(8-11)15(20)14-5-4-13(21-14)10-19-9-12(16)7-17-19/h4-5,7,9,11H,2-3,6,8,10H2,1H3/t11-/m0/s1. The number of likely N-dealkylation sites (tertiary alicyclic amines) is 1. The smallest absolute Gasteiger partial charge is 0.289 e. The molecule has 3 heterocycles. The van der Waals surface area contributed by atoms with Gasteiger partial charge in [0.25, 0.3) is 5.91 Å². The summed E-state index contributed by atoms with van der Waals surface area (Å²) >= 11 is 5.82. The van der Waals surface area contributed by atoms with Crippen molar-refractivity contribution in [2.45, 2.75) is 26.3 Å². The normalized spacial score (nSPS) is 19.0. The SMILES string of the molecule is C[C@H]1CCCN(C(=O)c2ccc(Cn3cc(Cl)cn3)o2)C1. The van der Waals surface area contributed by atoms with Crippen LogP contribution in [0.15, 0.2) is 28.9 Å². The number of piperidine rings is 1. The van der Waals surface area contributed by atoms with Crippen LogP contribution in [0.5, 0.6) is 0 Å². The maximum atomic E-state index is 12.4. The molecule has 0 N–H and O–H groups in total. The predicted molar refractivity (Wildman–Crippen MR) is 79.3 cm³/mol. The second-order valence-electron chi connectivity index (χ2n) is 5.62. The monoisotopic (exact) mass is 307 g/mol. The van der Waals surface area contributed by atoms with Crippen molar-refractivity contribution in [3.63, 3.8) is 0 Å². The number of hydrogen-bond acceptors (Lipinski definition) is 3. The molecule has 1 aliphatic heterocycles. The molecule has 3 rings (SSSR count). The van der Waals surface area contributed by atoms with Crippen LogP contribution in [0.1, 0.15) is 36.1 Å². The van der Waals surface area contributed by atoms with E-state index in [4.69, 9.17) is 16.0 Å². The topological polar surface area (TPSA) is 51.3 Å². The van der Waals surface area contributed by atoms with E-state index < -0.39 is 0 Å². The molecule has 0 aromatic carbocycles. The maximum Gasteiger partial charge on any atom is 0.289 e. The first-order valence-electron chi connectivity index (χ1n) is 7.18. The first-order valence-corrected chi connectivity index (χ1v) is 7.55. The molecule has 112 valence electrons. The Morgan fingerprint density at radius 3 is 3.10 bits per heavy atom. The van der Waals surface area contributed by atoms with Gasteiger partial charge in [0.15, 0.2) is 5.76 Å². The van der Waals surface area contributed by atoms with Crippen molar-refractivity contribution in [3.8, 4) is 0 Å². The van der Waals surface area contributed by atoms with E-state index in [9.17, 15) is 4.79 Å². The van der Waals surface area contributed by atoms with Crippen molar-refractivity contribution in [1.82, 2.24) is 14.7 Å². The third-order valence-corrected chi connectivity index (χ3v) is 3.93. The van der Waals surface area contributed by atoms with Crippen molar-refractivity contribution in [3.05, 3.63) is 41.1 Å². The van der Waals surface area contributed by atoms with E-state index >= 15 is 0 Å². The minimum absolute atomic E-state index is 0.0219. The molecule has 1 amide bonds. The lowest BCUT2D eigenvalue weighted by Gasteiger charge is -2.30. The summed E-state index contributed by atoms with van der Waals surface area (Å²) in [5.41, 5.74) is 0. The summed E-state index contributed by atoms with van der Waals surface area (Å²) in [6.07, 6.45) is 5.54. The third-order valence-electron chi connectivity index (χ3n) is 3.74. The molecule has 21 heavy (non-hydrogen) atoms. The van der Waals surface area contributed by atoms with Crippen LogP contribution in [0, 0.1) is 5.92 Å². The molecule has 0 bridgehead atoms. The minimum atomic E-state index is -0.0219. The van der Waals surface area contributed by atoms with Gasteiger partial charge in [-0.05, 0) is 30.9 Å². The average Bonchev–Trinajstić information content (AvgIpc) is 3.08. The van der Waals surface area contributed by atoms with E-state index in [1.807, 2.05) is 11.0 Å². The van der Waals surface area contributed by atoms with Crippen LogP contribution >= 0.6 is 11.6 Å². The molecular formula is C15H18ClN3O2. The Bertz CT molecular complexity index is 634. The summed E-state index contributed by atoms with van der Waals surface area (Å²) < 4.78 is 7.33. The van der Waals surface area contributed by atoms with Crippen LogP contribution in [-0.2, 0) is 6.54 Å². The fourth-order valence-electron chi connectivity index (χ4n) is 2.69. The third kappa shape index (κ3) is 3.29. The number of carbonyl (C=O) groups is 1. The highest BCUT2D eigenvalue weighted by Gasteiger charge is 2.24. The lowest BCUT2D eigenvalue weighted by atomic mass is 10.0. The quantitative estimate of drug-likeness (QED) is 0.875. The van der Waals surface area contributed by atoms with E-state index in [1.54, 1.807) is 23.1 Å². The Hall–Kier alpha value is -1.75. The van der Waals surface area contributed by atoms with Crippen molar-refractivity contribution < 1.29 is 9.21 Å². The molecule has 1 atom stereocenters. The Morgan fingerprint density at radius 2 is 2.38 bits per heavy atom. The Labute approximate surface area is 128 Å². The molecule has 0 spiro atoms. The fourth-order valence-corrected chi connectivity index (χ4v) is 2.85. The molecule has 6 heteroatoms. The number of furan rings is 1. The number of rotatable bonds is 3. The molecule has 0 saturated carbocycles. The van der Waals surface area contributed by atoms with E-state index in [-0.39, 0.29) is 5.91 Å². The fraction of sp³-hybridized carbons (Fsp3) is 0.467. The van der Waals surface area contributed by atoms with Crippen LogP contribution < -0.4 is 0 Å². The number of hydrogen-bond donors (Lipinski definition) is 0. The number of amides is 1. The molecule has 1 saturated heterocycles. The van der Waals surface area contributed by atoms with Crippen molar-refractivity contribution in [2.75, 3.05) is 13.1 Å². The van der Waals surface area contributed by atoms with Gasteiger partial charge in [0.1, 0.15) is 5.76 Å². The van der Waals surface area contributed by atoms with Gasteiger partial charge in [0.05, 0.1) is 17.8 Å². The molecule has 1 aliphatic rings. The highest BCUT2D eigenvalue weighted by molar-refractivity contribution is 6.30. The first-order chi connectivity index (χ1) is 10.1. The predicted octanol–water partition coefficient (Wildman–Crippen LogP) is 3.05. The zero-order chi connectivity index (χ0) is 14.8. The minimum Gasteiger partial charge on any atom is -0.454 e. The molecular weight excluding hydrogens is 290 g/mol. The molecule has 1 fully saturated rings. The largest absolute Gasteiger partial charge is 0.454 e. The van der Waals surface area contributed by atoms with E-state index in [1.165, 1.54) is 6.42 Å². The summed E-state index contributed by atoms with van der Waals surface area (Å²) in [5.74, 6) is 1.63. The zero-order valence-electron chi connectivity index (χ0n) is 12.0. The van der Waals surface area contributed by atoms with E-state index in [0.717, 1.165) is 19.5 Å². The second-order valence-corrected chi connectivity index (χ2v) is 6.06. The van der Waals surface area contributed by atoms with Gasteiger partial charge in [0.2, 0.25) is 0 Å². The van der Waals surface area contributed by atoms with Gasteiger partial charge in [-0.25, -0.2) is 0 Å². The number of carbonyl (C=O) groups excluding carboxylic acids is 1. The first kappa shape index (κ1) is 14.2. The van der Waals surface area contributed by atoms with Gasteiger partial charge in [0, 0.05) is 19.3 Å². The van der Waals surface area contributed by atoms with Crippen LogP contribution in [-0.4, -0.2) is 33.7 Å². The second kappa shape index (κ2) is 5.93. The van der Waals surface area contributed by atoms with Crippen LogP contribution in [0.4, 0.5) is 0 Å². The molecule has 0 unspecified atom stereocenters.